The number of aliphatic hydroxyl groups is 7. The number of fused-ring (bicyclic) bond motifs is 4. The SMILES string of the molecule is O=C1c2cccc3c2C(=O)C2(C(O)=CC(Cc4cccc(CO)c4)=CC12)C(CCCO)SSCNc1cc(ccn1)CC1C=CC2(CO)OC(O3)C(O)C1(O)C2O. The Morgan fingerprint density at radius 2 is 1.82 bits per heavy atom. The Bertz CT molecular complexity index is 2160. The van der Waals surface area contributed by atoms with Gasteiger partial charge >= 0.3 is 0 Å². The van der Waals surface area contributed by atoms with E-state index in [1.807, 2.05) is 18.2 Å². The Balaban J connectivity index is 1.29. The molecular weight excluding hydrogens is 773 g/mol. The molecule has 13 nitrogen and oxygen atoms in total. The first-order valence-electron chi connectivity index (χ1n) is 18.8. The highest BCUT2D eigenvalue weighted by molar-refractivity contribution is 8.77. The summed E-state index contributed by atoms with van der Waals surface area (Å²) in [7, 11) is 2.67. The number of hydrogen-bond donors (Lipinski definition) is 8. The Labute approximate surface area is 336 Å². The first kappa shape index (κ1) is 39.8. The van der Waals surface area contributed by atoms with E-state index in [2.05, 4.69) is 10.3 Å². The molecule has 15 heteroatoms. The summed E-state index contributed by atoms with van der Waals surface area (Å²) >= 11 is 0. The minimum Gasteiger partial charge on any atom is -0.511 e. The summed E-state index contributed by atoms with van der Waals surface area (Å²) in [5.41, 5.74) is -3.37. The number of anilines is 1. The molecule has 2 aromatic carbocycles. The quantitative estimate of drug-likeness (QED) is 0.127. The van der Waals surface area contributed by atoms with Gasteiger partial charge in [0.05, 0.1) is 30.6 Å². The summed E-state index contributed by atoms with van der Waals surface area (Å²) in [6.45, 7) is -1.15. The predicted octanol–water partition coefficient (Wildman–Crippen LogP) is 3.43. The highest BCUT2D eigenvalue weighted by Gasteiger charge is 2.67. The fourth-order valence-electron chi connectivity index (χ4n) is 9.05. The van der Waals surface area contributed by atoms with Crippen LogP contribution in [0.15, 0.2) is 96.4 Å². The minimum atomic E-state index is -2.31. The first-order chi connectivity index (χ1) is 27.5. The van der Waals surface area contributed by atoms with Crippen molar-refractivity contribution < 1.29 is 54.8 Å². The highest BCUT2D eigenvalue weighted by atomic mass is 33.1. The summed E-state index contributed by atoms with van der Waals surface area (Å²) in [5, 5.41) is 81.0. The van der Waals surface area contributed by atoms with Gasteiger partial charge in [0.2, 0.25) is 6.29 Å². The zero-order chi connectivity index (χ0) is 40.1. The van der Waals surface area contributed by atoms with Gasteiger partial charge in [-0.1, -0.05) is 76.2 Å². The molecule has 1 saturated heterocycles. The van der Waals surface area contributed by atoms with Gasteiger partial charge in [-0.3, -0.25) is 9.59 Å². The topological polar surface area (TPSA) is 219 Å². The van der Waals surface area contributed by atoms with Crippen LogP contribution in [0.3, 0.4) is 0 Å². The van der Waals surface area contributed by atoms with Crippen LogP contribution >= 0.6 is 21.6 Å². The van der Waals surface area contributed by atoms with Crippen LogP contribution in [0.5, 0.6) is 5.75 Å². The zero-order valence-corrected chi connectivity index (χ0v) is 32.4. The molecule has 0 radical (unpaired) electrons. The van der Waals surface area contributed by atoms with Crippen LogP contribution in [0.4, 0.5) is 5.82 Å². The number of carbonyl (C=O) groups is 2. The molecule has 0 saturated carbocycles. The molecule has 3 aliphatic carbocycles. The molecule has 2 aliphatic heterocycles. The molecule has 1 fully saturated rings. The van der Waals surface area contributed by atoms with Crippen molar-refractivity contribution in [2.45, 2.75) is 67.2 Å². The third kappa shape index (κ3) is 6.53. The number of pyridine rings is 1. The van der Waals surface area contributed by atoms with Crippen molar-refractivity contribution in [1.82, 2.24) is 4.98 Å². The summed E-state index contributed by atoms with van der Waals surface area (Å²) in [6.07, 6.45) is 3.35. The fourth-order valence-corrected chi connectivity index (χ4v) is 11.9. The number of benzene rings is 2. The molecule has 57 heavy (non-hydrogen) atoms. The van der Waals surface area contributed by atoms with Crippen LogP contribution in [0.2, 0.25) is 0 Å². The van der Waals surface area contributed by atoms with E-state index in [0.717, 1.165) is 11.1 Å². The van der Waals surface area contributed by atoms with E-state index >= 15 is 4.79 Å². The van der Waals surface area contributed by atoms with Crippen LogP contribution in [0.1, 0.15) is 50.2 Å². The zero-order valence-electron chi connectivity index (χ0n) is 30.7. The number of carbonyl (C=O) groups excluding carboxylic acids is 2. The van der Waals surface area contributed by atoms with Gasteiger partial charge in [-0.2, -0.15) is 0 Å². The van der Waals surface area contributed by atoms with Crippen LogP contribution < -0.4 is 10.1 Å². The Morgan fingerprint density at radius 3 is 2.61 bits per heavy atom. The predicted molar refractivity (Wildman–Crippen MR) is 213 cm³/mol. The third-order valence-electron chi connectivity index (χ3n) is 11.9. The lowest BCUT2D eigenvalue weighted by molar-refractivity contribution is -0.349. The number of nitrogens with zero attached hydrogens (tertiary/aromatic N) is 1. The molecule has 300 valence electrons. The third-order valence-corrected chi connectivity index (χ3v) is 14.6. The largest absolute Gasteiger partial charge is 0.511 e. The molecular formula is C42H44N2O11S2. The maximum atomic E-state index is 15.5. The molecule has 8 rings (SSSR count). The van der Waals surface area contributed by atoms with Gasteiger partial charge in [-0.05, 0) is 72.2 Å². The van der Waals surface area contributed by atoms with Crippen LogP contribution in [-0.4, -0.2) is 106 Å². The van der Waals surface area contributed by atoms with E-state index in [4.69, 9.17) is 9.47 Å². The van der Waals surface area contributed by atoms with Gasteiger partial charge in [0.25, 0.3) is 0 Å². The lowest BCUT2D eigenvalue weighted by Crippen LogP contribution is -2.76. The van der Waals surface area contributed by atoms with Crippen molar-refractivity contribution in [1.29, 1.82) is 0 Å². The number of aliphatic hydroxyl groups excluding tert-OH is 6. The minimum absolute atomic E-state index is 0.0174. The molecule has 9 unspecified atom stereocenters. The first-order valence-corrected chi connectivity index (χ1v) is 21.2. The second-order valence-electron chi connectivity index (χ2n) is 15.2. The second-order valence-corrected chi connectivity index (χ2v) is 17.8. The normalized spacial score (nSPS) is 33.2. The van der Waals surface area contributed by atoms with Gasteiger partial charge in [0.1, 0.15) is 46.2 Å². The number of ketones is 2. The van der Waals surface area contributed by atoms with Crippen molar-refractivity contribution >= 4 is 39.0 Å². The number of ether oxygens (including phenoxy) is 2. The van der Waals surface area contributed by atoms with Crippen LogP contribution in [0.25, 0.3) is 0 Å². The average Bonchev–Trinajstić information content (AvgIpc) is 3.21. The monoisotopic (exact) mass is 816 g/mol. The van der Waals surface area contributed by atoms with E-state index in [-0.39, 0.29) is 55.1 Å². The summed E-state index contributed by atoms with van der Waals surface area (Å²) in [6, 6.07) is 15.3. The van der Waals surface area contributed by atoms with E-state index < -0.39 is 70.4 Å². The van der Waals surface area contributed by atoms with E-state index in [1.165, 1.54) is 51.9 Å². The van der Waals surface area contributed by atoms with Crippen molar-refractivity contribution in [2.75, 3.05) is 24.4 Å². The van der Waals surface area contributed by atoms with Gasteiger partial charge in [-0.25, -0.2) is 4.98 Å². The molecule has 0 amide bonds. The second kappa shape index (κ2) is 15.6. The number of allylic oxidation sites excluding steroid dienone is 4. The van der Waals surface area contributed by atoms with Gasteiger partial charge < -0.3 is 50.5 Å². The average molecular weight is 817 g/mol. The van der Waals surface area contributed by atoms with Gasteiger partial charge in [0.15, 0.2) is 11.6 Å². The van der Waals surface area contributed by atoms with Crippen molar-refractivity contribution in [3.05, 3.63) is 124 Å². The van der Waals surface area contributed by atoms with E-state index in [9.17, 15) is 40.5 Å². The number of nitrogens with one attached hydrogen (secondary N) is 1. The molecule has 1 aromatic heterocycles. The molecule has 1 spiro atoms. The number of Topliss-reactive ketones (excluding diaryl/α,β-unsaturated/α-hetero) is 2. The van der Waals surface area contributed by atoms with E-state index in [0.29, 0.717) is 29.3 Å². The summed E-state index contributed by atoms with van der Waals surface area (Å²) in [4.78, 5) is 34.9. The van der Waals surface area contributed by atoms with Gasteiger partial charge in [-0.15, -0.1) is 0 Å². The maximum Gasteiger partial charge on any atom is 0.230 e. The Kier molecular flexibility index (Phi) is 10.9. The molecule has 3 heterocycles. The standard InChI is InChI=1S/C42H44N2O11S2/c45-13-3-8-32-41-29(17-26(18-31(41)48)15-23-4-1-5-25(14-23)20-46)35(49)28-6-2-7-30(34(28)36(41)50)54-38-37(51)42(53)27(9-11-40(21-47,55-38)39(42)52)16-24-10-12-43-33(19-24)44-22-56-57-32/h1-2,4-7,9-12,14,17-19,27,29,32,37-39,45-48,51-53H,3,8,13,15-16,20-22H2,(H,43,44). The fraction of sp³-hybridized carbons (Fsp3) is 0.405. The molecule has 9 atom stereocenters. The van der Waals surface area contributed by atoms with Gasteiger partial charge in [0, 0.05) is 29.5 Å². The Hall–Kier alpha value is -4.03. The summed E-state index contributed by atoms with van der Waals surface area (Å²) < 4.78 is 12.4. The van der Waals surface area contributed by atoms with E-state index in [1.54, 1.807) is 36.5 Å². The highest BCUT2D eigenvalue weighted by Crippen LogP contribution is 2.58. The smallest absolute Gasteiger partial charge is 0.230 e. The molecule has 3 aromatic rings. The summed E-state index contributed by atoms with van der Waals surface area (Å²) in [5.74, 6) is -2.85. The maximum absolute atomic E-state index is 15.5. The van der Waals surface area contributed by atoms with Crippen molar-refractivity contribution in [2.24, 2.45) is 17.3 Å². The lowest BCUT2D eigenvalue weighted by Gasteiger charge is -2.57. The Morgan fingerprint density at radius 1 is 1.02 bits per heavy atom. The number of rotatable bonds is 7. The number of aromatic nitrogens is 1. The molecule has 8 N–H and O–H groups in total. The number of hydrogen-bond acceptors (Lipinski definition) is 15. The van der Waals surface area contributed by atoms with Crippen LogP contribution in [-0.2, 0) is 24.2 Å². The van der Waals surface area contributed by atoms with Crippen molar-refractivity contribution in [3.8, 4) is 5.75 Å². The molecule has 5 aliphatic rings. The van der Waals surface area contributed by atoms with Crippen LogP contribution in [0, 0.1) is 17.3 Å². The van der Waals surface area contributed by atoms with Crippen molar-refractivity contribution in [3.63, 3.8) is 0 Å². The molecule has 7 bridgehead atoms. The lowest BCUT2D eigenvalue weighted by atomic mass is 9.57.